The molecule has 78 valence electrons. The van der Waals surface area contributed by atoms with E-state index in [2.05, 4.69) is 13.2 Å². The molecule has 3 nitrogen and oxygen atoms in total. The maximum Gasteiger partial charge on any atom is 0.233 e. The summed E-state index contributed by atoms with van der Waals surface area (Å²) >= 11 is 0. The number of hydrogen-bond acceptors (Lipinski definition) is 3. The fourth-order valence-electron chi connectivity index (χ4n) is 1.50. The number of rotatable bonds is 5. The van der Waals surface area contributed by atoms with Gasteiger partial charge in [0.15, 0.2) is 0 Å². The highest BCUT2D eigenvalue weighted by Crippen LogP contribution is 2.27. The van der Waals surface area contributed by atoms with E-state index < -0.39 is 5.79 Å². The van der Waals surface area contributed by atoms with Crippen LogP contribution in [-0.2, 0) is 14.3 Å². The first-order valence-corrected chi connectivity index (χ1v) is 4.81. The minimum atomic E-state index is -1.09. The SMILES string of the molecule is C=CCOC1(C(=O)C=C)CCCCO1. The zero-order valence-corrected chi connectivity index (χ0v) is 8.33. The van der Waals surface area contributed by atoms with Gasteiger partial charge >= 0.3 is 0 Å². The molecule has 0 aromatic carbocycles. The standard InChI is InChI=1S/C11H16O3/c1-3-8-13-11(10(12)4-2)7-5-6-9-14-11/h3-4H,1-2,5-9H2. The zero-order chi connectivity index (χ0) is 10.4. The molecule has 0 N–H and O–H groups in total. The molecule has 1 fully saturated rings. The van der Waals surface area contributed by atoms with Crippen molar-refractivity contribution in [3.8, 4) is 0 Å². The van der Waals surface area contributed by atoms with Crippen LogP contribution in [0.5, 0.6) is 0 Å². The second-order valence-corrected chi connectivity index (χ2v) is 3.23. The Hall–Kier alpha value is -0.930. The number of ketones is 1. The normalized spacial score (nSPS) is 26.9. The third kappa shape index (κ3) is 2.30. The van der Waals surface area contributed by atoms with Gasteiger partial charge in [-0.05, 0) is 18.9 Å². The quantitative estimate of drug-likeness (QED) is 0.497. The first-order chi connectivity index (χ1) is 6.75. The Bertz CT molecular complexity index is 227. The van der Waals surface area contributed by atoms with E-state index in [1.54, 1.807) is 6.08 Å². The van der Waals surface area contributed by atoms with E-state index in [0.717, 1.165) is 12.8 Å². The van der Waals surface area contributed by atoms with Crippen molar-refractivity contribution in [3.63, 3.8) is 0 Å². The Morgan fingerprint density at radius 3 is 2.79 bits per heavy atom. The van der Waals surface area contributed by atoms with E-state index in [9.17, 15) is 4.79 Å². The van der Waals surface area contributed by atoms with Gasteiger partial charge in [-0.3, -0.25) is 4.79 Å². The molecule has 0 aromatic heterocycles. The van der Waals surface area contributed by atoms with E-state index in [-0.39, 0.29) is 5.78 Å². The lowest BCUT2D eigenvalue weighted by Gasteiger charge is -2.34. The van der Waals surface area contributed by atoms with Crippen LogP contribution < -0.4 is 0 Å². The first-order valence-electron chi connectivity index (χ1n) is 4.81. The fourth-order valence-corrected chi connectivity index (χ4v) is 1.50. The van der Waals surface area contributed by atoms with Crippen LogP contribution >= 0.6 is 0 Å². The number of hydrogen-bond donors (Lipinski definition) is 0. The van der Waals surface area contributed by atoms with Crippen LogP contribution in [0.2, 0.25) is 0 Å². The van der Waals surface area contributed by atoms with Crippen LogP contribution in [0.25, 0.3) is 0 Å². The molecule has 3 heteroatoms. The predicted octanol–water partition coefficient (Wildman–Crippen LogP) is 1.84. The Morgan fingerprint density at radius 1 is 1.50 bits per heavy atom. The molecule has 0 aliphatic carbocycles. The van der Waals surface area contributed by atoms with Gasteiger partial charge in [-0.1, -0.05) is 12.7 Å². The summed E-state index contributed by atoms with van der Waals surface area (Å²) in [6.45, 7) is 7.88. The third-order valence-electron chi connectivity index (χ3n) is 2.23. The number of carbonyl (C=O) groups excluding carboxylic acids is 1. The van der Waals surface area contributed by atoms with Crippen molar-refractivity contribution in [1.82, 2.24) is 0 Å². The summed E-state index contributed by atoms with van der Waals surface area (Å²) in [7, 11) is 0. The Labute approximate surface area is 84.4 Å². The fraction of sp³-hybridized carbons (Fsp3) is 0.545. The van der Waals surface area contributed by atoms with E-state index in [0.29, 0.717) is 19.6 Å². The summed E-state index contributed by atoms with van der Waals surface area (Å²) in [6.07, 6.45) is 5.39. The Morgan fingerprint density at radius 2 is 2.29 bits per heavy atom. The molecular formula is C11H16O3. The molecule has 1 aliphatic heterocycles. The minimum Gasteiger partial charge on any atom is -0.343 e. The molecule has 0 bridgehead atoms. The van der Waals surface area contributed by atoms with Crippen LogP contribution in [0, 0.1) is 0 Å². The van der Waals surface area contributed by atoms with Crippen LogP contribution in [-0.4, -0.2) is 24.8 Å². The number of ether oxygens (including phenoxy) is 2. The van der Waals surface area contributed by atoms with Gasteiger partial charge in [0.25, 0.3) is 0 Å². The Balaban J connectivity index is 2.70. The highest BCUT2D eigenvalue weighted by atomic mass is 16.7. The molecule has 0 amide bonds. The van der Waals surface area contributed by atoms with Gasteiger partial charge in [-0.15, -0.1) is 6.58 Å². The van der Waals surface area contributed by atoms with Crippen LogP contribution in [0.3, 0.4) is 0 Å². The van der Waals surface area contributed by atoms with Crippen molar-refractivity contribution in [2.75, 3.05) is 13.2 Å². The lowest BCUT2D eigenvalue weighted by atomic mass is 10.0. The highest BCUT2D eigenvalue weighted by molar-refractivity contribution is 5.95. The maximum absolute atomic E-state index is 11.6. The van der Waals surface area contributed by atoms with E-state index in [1.807, 2.05) is 0 Å². The molecule has 0 aromatic rings. The van der Waals surface area contributed by atoms with Crippen molar-refractivity contribution in [2.24, 2.45) is 0 Å². The summed E-state index contributed by atoms with van der Waals surface area (Å²) in [5.41, 5.74) is 0. The van der Waals surface area contributed by atoms with Crippen LogP contribution in [0.4, 0.5) is 0 Å². The first kappa shape index (κ1) is 11.1. The summed E-state index contributed by atoms with van der Waals surface area (Å²) in [4.78, 5) is 11.6. The van der Waals surface area contributed by atoms with Crippen molar-refractivity contribution >= 4 is 5.78 Å². The van der Waals surface area contributed by atoms with Crippen molar-refractivity contribution in [3.05, 3.63) is 25.3 Å². The summed E-state index contributed by atoms with van der Waals surface area (Å²) in [6, 6.07) is 0. The van der Waals surface area contributed by atoms with Crippen LogP contribution in [0.1, 0.15) is 19.3 Å². The summed E-state index contributed by atoms with van der Waals surface area (Å²) < 4.78 is 10.8. The molecule has 1 rings (SSSR count). The average molecular weight is 196 g/mol. The Kier molecular flexibility index (Phi) is 4.04. The monoisotopic (exact) mass is 196 g/mol. The molecule has 1 aliphatic rings. The maximum atomic E-state index is 11.6. The second-order valence-electron chi connectivity index (χ2n) is 3.23. The molecule has 1 saturated heterocycles. The lowest BCUT2D eigenvalue weighted by molar-refractivity contribution is -0.235. The molecule has 1 atom stereocenters. The molecule has 1 unspecified atom stereocenters. The number of carbonyl (C=O) groups is 1. The molecular weight excluding hydrogens is 180 g/mol. The van der Waals surface area contributed by atoms with Crippen molar-refractivity contribution in [2.45, 2.75) is 25.0 Å². The molecule has 14 heavy (non-hydrogen) atoms. The predicted molar refractivity (Wildman–Crippen MR) is 53.9 cm³/mol. The van der Waals surface area contributed by atoms with Gasteiger partial charge < -0.3 is 9.47 Å². The zero-order valence-electron chi connectivity index (χ0n) is 8.33. The van der Waals surface area contributed by atoms with E-state index in [4.69, 9.17) is 9.47 Å². The van der Waals surface area contributed by atoms with Gasteiger partial charge in [-0.2, -0.15) is 0 Å². The second kappa shape index (κ2) is 5.08. The van der Waals surface area contributed by atoms with Gasteiger partial charge in [-0.25, -0.2) is 0 Å². The van der Waals surface area contributed by atoms with Gasteiger partial charge in [0.1, 0.15) is 0 Å². The summed E-state index contributed by atoms with van der Waals surface area (Å²) in [5.74, 6) is -1.28. The average Bonchev–Trinajstić information content (AvgIpc) is 2.26. The van der Waals surface area contributed by atoms with E-state index in [1.165, 1.54) is 6.08 Å². The topological polar surface area (TPSA) is 35.5 Å². The minimum absolute atomic E-state index is 0.195. The lowest BCUT2D eigenvalue weighted by Crippen LogP contribution is -2.46. The highest BCUT2D eigenvalue weighted by Gasteiger charge is 2.40. The van der Waals surface area contributed by atoms with Crippen molar-refractivity contribution < 1.29 is 14.3 Å². The molecule has 1 heterocycles. The smallest absolute Gasteiger partial charge is 0.233 e. The molecule has 0 radical (unpaired) electrons. The molecule has 0 saturated carbocycles. The largest absolute Gasteiger partial charge is 0.343 e. The van der Waals surface area contributed by atoms with Crippen LogP contribution in [0.15, 0.2) is 25.3 Å². The van der Waals surface area contributed by atoms with Gasteiger partial charge in [0.05, 0.1) is 13.2 Å². The van der Waals surface area contributed by atoms with Crippen molar-refractivity contribution in [1.29, 1.82) is 0 Å². The van der Waals surface area contributed by atoms with E-state index >= 15 is 0 Å². The van der Waals surface area contributed by atoms with Gasteiger partial charge in [0, 0.05) is 6.42 Å². The molecule has 0 spiro atoms. The summed E-state index contributed by atoms with van der Waals surface area (Å²) in [5, 5.41) is 0. The third-order valence-corrected chi connectivity index (χ3v) is 2.23. The van der Waals surface area contributed by atoms with Gasteiger partial charge in [0.2, 0.25) is 11.6 Å².